The van der Waals surface area contributed by atoms with Gasteiger partial charge in [-0.1, -0.05) is 118 Å². The molecular formula is C33H44. The van der Waals surface area contributed by atoms with Gasteiger partial charge in [0.1, 0.15) is 0 Å². The first-order valence-corrected chi connectivity index (χ1v) is 13.3. The molecule has 33 heavy (non-hydrogen) atoms. The van der Waals surface area contributed by atoms with Crippen molar-refractivity contribution in [2.45, 2.75) is 98.8 Å². The van der Waals surface area contributed by atoms with Crippen molar-refractivity contribution in [1.82, 2.24) is 0 Å². The molecule has 0 aliphatic rings. The fourth-order valence-electron chi connectivity index (χ4n) is 4.96. The highest BCUT2D eigenvalue weighted by molar-refractivity contribution is 5.78. The summed E-state index contributed by atoms with van der Waals surface area (Å²) in [5, 5.41) is 0. The molecule has 0 N–H and O–H groups in total. The smallest absolute Gasteiger partial charge is 0.0146 e. The van der Waals surface area contributed by atoms with Crippen molar-refractivity contribution < 1.29 is 0 Å². The summed E-state index contributed by atoms with van der Waals surface area (Å²) >= 11 is 0. The van der Waals surface area contributed by atoms with E-state index in [1.807, 2.05) is 0 Å². The van der Waals surface area contributed by atoms with E-state index in [1.165, 1.54) is 101 Å². The van der Waals surface area contributed by atoms with Crippen LogP contribution in [0.1, 0.15) is 93.0 Å². The Morgan fingerprint density at radius 2 is 1.03 bits per heavy atom. The third-order valence-corrected chi connectivity index (χ3v) is 6.96. The van der Waals surface area contributed by atoms with Crippen LogP contribution in [0.15, 0.2) is 54.6 Å². The second-order valence-electron chi connectivity index (χ2n) is 9.97. The Bertz CT molecular complexity index is 1010. The summed E-state index contributed by atoms with van der Waals surface area (Å²) in [4.78, 5) is 0. The monoisotopic (exact) mass is 440 g/mol. The third kappa shape index (κ3) is 7.07. The van der Waals surface area contributed by atoms with Crippen LogP contribution in [0.5, 0.6) is 0 Å². The van der Waals surface area contributed by atoms with Gasteiger partial charge in [-0.2, -0.15) is 0 Å². The van der Waals surface area contributed by atoms with Crippen molar-refractivity contribution in [1.29, 1.82) is 0 Å². The van der Waals surface area contributed by atoms with E-state index in [0.717, 1.165) is 12.8 Å². The van der Waals surface area contributed by atoms with Gasteiger partial charge < -0.3 is 0 Å². The molecule has 0 aliphatic carbocycles. The number of benzene rings is 3. The van der Waals surface area contributed by atoms with Crippen LogP contribution in [0.25, 0.3) is 22.3 Å². The first kappa shape index (κ1) is 25.3. The van der Waals surface area contributed by atoms with Gasteiger partial charge in [-0.25, -0.2) is 0 Å². The Labute approximate surface area is 203 Å². The Morgan fingerprint density at radius 1 is 0.485 bits per heavy atom. The molecule has 0 amide bonds. The maximum absolute atomic E-state index is 2.55. The highest BCUT2D eigenvalue weighted by Gasteiger charge is 2.15. The van der Waals surface area contributed by atoms with Gasteiger partial charge in [0.2, 0.25) is 0 Å². The standard InChI is InChI=1S/C33H44/c1-6-8-10-12-14-29-24-33(31-21-18-26(4)22-27(31)5)30(15-13-11-9-7-2)23-32(29)28-19-16-25(3)17-20-28/h16-24H,6-15H2,1-5H3. The van der Waals surface area contributed by atoms with Crippen molar-refractivity contribution in [3.8, 4) is 22.3 Å². The first-order valence-electron chi connectivity index (χ1n) is 13.3. The largest absolute Gasteiger partial charge is 0.0654 e. The minimum Gasteiger partial charge on any atom is -0.0654 e. The second-order valence-corrected chi connectivity index (χ2v) is 9.97. The van der Waals surface area contributed by atoms with Crippen molar-refractivity contribution in [3.63, 3.8) is 0 Å². The fourth-order valence-corrected chi connectivity index (χ4v) is 4.96. The van der Waals surface area contributed by atoms with Gasteiger partial charge in [-0.3, -0.25) is 0 Å². The highest BCUT2D eigenvalue weighted by Crippen LogP contribution is 2.36. The maximum atomic E-state index is 2.55. The quantitative estimate of drug-likeness (QED) is 0.246. The third-order valence-electron chi connectivity index (χ3n) is 6.96. The molecule has 3 aromatic rings. The zero-order valence-electron chi connectivity index (χ0n) is 21.8. The van der Waals surface area contributed by atoms with Gasteiger partial charge in [0, 0.05) is 0 Å². The fraction of sp³-hybridized carbons (Fsp3) is 0.455. The van der Waals surface area contributed by atoms with Gasteiger partial charge >= 0.3 is 0 Å². The highest BCUT2D eigenvalue weighted by atomic mass is 14.2. The summed E-state index contributed by atoms with van der Waals surface area (Å²) in [5.41, 5.74) is 12.8. The van der Waals surface area contributed by atoms with Crippen LogP contribution in [0, 0.1) is 20.8 Å². The van der Waals surface area contributed by atoms with E-state index in [1.54, 1.807) is 0 Å². The molecule has 0 fully saturated rings. The molecule has 3 aromatic carbocycles. The maximum Gasteiger partial charge on any atom is -0.0146 e. The Kier molecular flexibility index (Phi) is 9.79. The molecule has 176 valence electrons. The first-order chi connectivity index (χ1) is 16.0. The number of hydrogen-bond donors (Lipinski definition) is 0. The SMILES string of the molecule is CCCCCCc1cc(-c2ccc(C)cc2C)c(CCCCCC)cc1-c1ccc(C)cc1. The molecule has 0 aliphatic heterocycles. The second kappa shape index (κ2) is 12.8. The molecule has 0 atom stereocenters. The molecule has 0 unspecified atom stereocenters. The Hall–Kier alpha value is -2.34. The lowest BCUT2D eigenvalue weighted by molar-refractivity contribution is 0.664. The average Bonchev–Trinajstić information content (AvgIpc) is 2.80. The zero-order chi connectivity index (χ0) is 23.6. The lowest BCUT2D eigenvalue weighted by atomic mass is 9.85. The summed E-state index contributed by atoms with van der Waals surface area (Å²) < 4.78 is 0. The summed E-state index contributed by atoms with van der Waals surface area (Å²) in [6, 6.07) is 21.2. The molecule has 0 nitrogen and oxygen atoms in total. The minimum absolute atomic E-state index is 1.16. The van der Waals surface area contributed by atoms with E-state index >= 15 is 0 Å². The van der Waals surface area contributed by atoms with Crippen LogP contribution < -0.4 is 0 Å². The van der Waals surface area contributed by atoms with Crippen LogP contribution in [-0.2, 0) is 12.8 Å². The molecule has 0 radical (unpaired) electrons. The molecule has 0 saturated carbocycles. The normalized spacial score (nSPS) is 11.2. The van der Waals surface area contributed by atoms with E-state index in [0.29, 0.717) is 0 Å². The number of rotatable bonds is 12. The van der Waals surface area contributed by atoms with Crippen LogP contribution in [0.4, 0.5) is 0 Å². The summed E-state index contributed by atoms with van der Waals surface area (Å²) in [7, 11) is 0. The zero-order valence-corrected chi connectivity index (χ0v) is 21.8. The predicted octanol–water partition coefficient (Wildman–Crippen LogP) is 10.2. The van der Waals surface area contributed by atoms with Crippen LogP contribution >= 0.6 is 0 Å². The molecular weight excluding hydrogens is 396 g/mol. The molecule has 3 rings (SSSR count). The van der Waals surface area contributed by atoms with Crippen molar-refractivity contribution >= 4 is 0 Å². The molecule has 0 heteroatoms. The number of hydrogen-bond acceptors (Lipinski definition) is 0. The average molecular weight is 441 g/mol. The van der Waals surface area contributed by atoms with Crippen molar-refractivity contribution in [2.24, 2.45) is 0 Å². The molecule has 0 heterocycles. The van der Waals surface area contributed by atoms with Crippen LogP contribution in [0.2, 0.25) is 0 Å². The topological polar surface area (TPSA) is 0 Å². The Balaban J connectivity index is 2.09. The van der Waals surface area contributed by atoms with Gasteiger partial charge in [-0.15, -0.1) is 0 Å². The predicted molar refractivity (Wildman–Crippen MR) is 147 cm³/mol. The summed E-state index contributed by atoms with van der Waals surface area (Å²) in [5.74, 6) is 0. The minimum atomic E-state index is 1.16. The van der Waals surface area contributed by atoms with E-state index in [-0.39, 0.29) is 0 Å². The van der Waals surface area contributed by atoms with Crippen LogP contribution in [-0.4, -0.2) is 0 Å². The van der Waals surface area contributed by atoms with E-state index in [2.05, 4.69) is 89.2 Å². The Morgan fingerprint density at radius 3 is 1.61 bits per heavy atom. The lowest BCUT2D eigenvalue weighted by Gasteiger charge is -2.19. The van der Waals surface area contributed by atoms with E-state index in [9.17, 15) is 0 Å². The molecule has 0 saturated heterocycles. The lowest BCUT2D eigenvalue weighted by Crippen LogP contribution is -1.99. The van der Waals surface area contributed by atoms with Gasteiger partial charge in [0.15, 0.2) is 0 Å². The molecule has 0 aromatic heterocycles. The summed E-state index contributed by atoms with van der Waals surface area (Å²) in [6.07, 6.45) is 12.8. The van der Waals surface area contributed by atoms with Gasteiger partial charge in [0.05, 0.1) is 0 Å². The molecule has 0 bridgehead atoms. The van der Waals surface area contributed by atoms with Crippen LogP contribution in [0.3, 0.4) is 0 Å². The van der Waals surface area contributed by atoms with Crippen molar-refractivity contribution in [2.75, 3.05) is 0 Å². The van der Waals surface area contributed by atoms with E-state index in [4.69, 9.17) is 0 Å². The number of aryl methyl sites for hydroxylation is 5. The number of unbranched alkanes of at least 4 members (excludes halogenated alkanes) is 6. The van der Waals surface area contributed by atoms with Gasteiger partial charge in [-0.05, 0) is 85.4 Å². The van der Waals surface area contributed by atoms with Gasteiger partial charge in [0.25, 0.3) is 0 Å². The molecule has 0 spiro atoms. The van der Waals surface area contributed by atoms with E-state index < -0.39 is 0 Å². The summed E-state index contributed by atoms with van der Waals surface area (Å²) in [6.45, 7) is 11.2. The van der Waals surface area contributed by atoms with Crippen molar-refractivity contribution in [3.05, 3.63) is 82.4 Å².